The van der Waals surface area contributed by atoms with Crippen LogP contribution in [0.1, 0.15) is 18.5 Å². The number of non-ortho nitro benzene ring substituents is 1. The minimum absolute atomic E-state index is 0. The van der Waals surface area contributed by atoms with E-state index in [0.717, 1.165) is 18.2 Å². The van der Waals surface area contributed by atoms with Crippen molar-refractivity contribution in [2.24, 2.45) is 5.73 Å². The van der Waals surface area contributed by atoms with Crippen LogP contribution < -0.4 is 5.73 Å². The lowest BCUT2D eigenvalue weighted by atomic mass is 10.0. The van der Waals surface area contributed by atoms with Gasteiger partial charge in [-0.25, -0.2) is 9.18 Å². The van der Waals surface area contributed by atoms with Crippen molar-refractivity contribution < 1.29 is 24.0 Å². The van der Waals surface area contributed by atoms with Crippen LogP contribution in [0.5, 0.6) is 5.75 Å². The minimum Gasteiger partial charge on any atom is -0.508 e. The second-order valence-corrected chi connectivity index (χ2v) is 3.68. The second kappa shape index (κ2) is 7.61. The molecule has 0 saturated carbocycles. The van der Waals surface area contributed by atoms with Crippen LogP contribution in [0.3, 0.4) is 0 Å². The Morgan fingerprint density at radius 2 is 2.20 bits per heavy atom. The fourth-order valence-corrected chi connectivity index (χ4v) is 1.45. The summed E-state index contributed by atoms with van der Waals surface area (Å²) >= 11 is 0. The molecule has 0 aliphatic heterocycles. The average Bonchev–Trinajstić information content (AvgIpc) is 2.37. The van der Waals surface area contributed by atoms with Gasteiger partial charge in [-0.1, -0.05) is 0 Å². The zero-order valence-electron chi connectivity index (χ0n) is 10.5. The van der Waals surface area contributed by atoms with Crippen LogP contribution in [0.4, 0.5) is 10.1 Å². The minimum atomic E-state index is -2.21. The summed E-state index contributed by atoms with van der Waals surface area (Å²) in [6.07, 6.45) is -2.21. The number of hydrogen-bond donors (Lipinski definition) is 2. The summed E-state index contributed by atoms with van der Waals surface area (Å²) in [6, 6.07) is 1.44. The Morgan fingerprint density at radius 1 is 1.60 bits per heavy atom. The maximum absolute atomic E-state index is 13.7. The number of phenolic OH excluding ortho intramolecular Hbond substituents is 1. The lowest BCUT2D eigenvalue weighted by molar-refractivity contribution is -0.385. The molecule has 1 unspecified atom stereocenters. The van der Waals surface area contributed by atoms with Crippen LogP contribution in [0, 0.1) is 10.1 Å². The number of halogens is 2. The fraction of sp³-hybridized carbons (Fsp3) is 0.364. The van der Waals surface area contributed by atoms with Crippen molar-refractivity contribution in [3.8, 4) is 5.75 Å². The van der Waals surface area contributed by atoms with E-state index in [1.54, 1.807) is 0 Å². The number of phenols is 1. The number of carbonyl (C=O) groups excluding carboxylic acids is 1. The monoisotopic (exact) mass is 308 g/mol. The molecule has 3 N–H and O–H groups in total. The predicted octanol–water partition coefficient (Wildman–Crippen LogP) is 1.62. The van der Waals surface area contributed by atoms with Crippen molar-refractivity contribution in [2.45, 2.75) is 19.1 Å². The van der Waals surface area contributed by atoms with E-state index in [1.165, 1.54) is 6.92 Å². The molecule has 7 nitrogen and oxygen atoms in total. The Bertz CT molecular complexity index is 500. The number of ether oxygens (including phenoxy) is 1. The summed E-state index contributed by atoms with van der Waals surface area (Å²) in [6.45, 7) is 1.48. The molecule has 0 aliphatic carbocycles. The van der Waals surface area contributed by atoms with E-state index in [4.69, 9.17) is 5.73 Å². The van der Waals surface area contributed by atoms with Crippen molar-refractivity contribution in [1.82, 2.24) is 0 Å². The molecule has 0 aromatic heterocycles. The molecule has 20 heavy (non-hydrogen) atoms. The number of nitrogens with zero attached hydrogens (tertiary/aromatic N) is 1. The molecule has 0 heterocycles. The van der Waals surface area contributed by atoms with Crippen LogP contribution in [0.25, 0.3) is 0 Å². The first kappa shape index (κ1) is 18.1. The summed E-state index contributed by atoms with van der Waals surface area (Å²) in [7, 11) is 0. The fourth-order valence-electron chi connectivity index (χ4n) is 1.45. The number of carbonyl (C=O) groups is 1. The number of aromatic hydroxyl groups is 1. The highest BCUT2D eigenvalue weighted by atomic mass is 35.5. The third-order valence-corrected chi connectivity index (χ3v) is 2.41. The molecular weight excluding hydrogens is 295 g/mol. The Labute approximate surface area is 120 Å². The summed E-state index contributed by atoms with van der Waals surface area (Å²) in [4.78, 5) is 21.1. The number of benzene rings is 1. The van der Waals surface area contributed by atoms with E-state index in [-0.39, 0.29) is 30.3 Å². The zero-order chi connectivity index (χ0) is 14.6. The molecule has 0 saturated heterocycles. The van der Waals surface area contributed by atoms with Gasteiger partial charge in [-0.2, -0.15) is 0 Å². The number of rotatable bonds is 5. The zero-order valence-corrected chi connectivity index (χ0v) is 11.3. The number of nitro groups is 1. The molecule has 0 fully saturated rings. The van der Waals surface area contributed by atoms with Crippen LogP contribution in [-0.2, 0) is 9.53 Å². The standard InChI is InChI=1S/C11H13FN2O5.ClH/c1-2-19-11(16)9(12)10(13)7-5-6(14(17)18)3-4-8(7)15;/h3-5,9-10,15H,2,13H2,1H3;1H/t9?,10-;/m0./s1. The molecule has 9 heteroatoms. The Kier molecular flexibility index (Phi) is 6.87. The molecule has 0 radical (unpaired) electrons. The van der Waals surface area contributed by atoms with Gasteiger partial charge in [0.2, 0.25) is 6.17 Å². The van der Waals surface area contributed by atoms with Gasteiger partial charge in [-0.05, 0) is 13.0 Å². The first-order valence-electron chi connectivity index (χ1n) is 5.42. The van der Waals surface area contributed by atoms with E-state index in [1.807, 2.05) is 0 Å². The van der Waals surface area contributed by atoms with Crippen molar-refractivity contribution in [3.63, 3.8) is 0 Å². The molecule has 0 bridgehead atoms. The number of hydrogen-bond acceptors (Lipinski definition) is 6. The van der Waals surface area contributed by atoms with E-state index >= 15 is 0 Å². The molecule has 112 valence electrons. The van der Waals surface area contributed by atoms with Crippen molar-refractivity contribution in [1.29, 1.82) is 0 Å². The third-order valence-electron chi connectivity index (χ3n) is 2.41. The van der Waals surface area contributed by atoms with Crippen LogP contribution in [-0.4, -0.2) is 28.8 Å². The first-order chi connectivity index (χ1) is 8.88. The van der Waals surface area contributed by atoms with Gasteiger partial charge in [0.15, 0.2) is 0 Å². The normalized spacial score (nSPS) is 12.9. The predicted molar refractivity (Wildman–Crippen MR) is 70.5 cm³/mol. The van der Waals surface area contributed by atoms with Crippen molar-refractivity contribution in [2.75, 3.05) is 6.61 Å². The molecular formula is C11H14ClFN2O5. The Hall–Kier alpha value is -1.93. The van der Waals surface area contributed by atoms with E-state index in [2.05, 4.69) is 4.74 Å². The molecule has 0 spiro atoms. The van der Waals surface area contributed by atoms with Crippen LogP contribution in [0.2, 0.25) is 0 Å². The third kappa shape index (κ3) is 4.04. The molecule has 2 atom stereocenters. The quantitative estimate of drug-likeness (QED) is 0.485. The second-order valence-electron chi connectivity index (χ2n) is 3.68. The molecule has 1 aromatic carbocycles. The average molecular weight is 309 g/mol. The van der Waals surface area contributed by atoms with Crippen LogP contribution >= 0.6 is 12.4 Å². The lowest BCUT2D eigenvalue weighted by Crippen LogP contribution is -2.31. The Morgan fingerprint density at radius 3 is 2.70 bits per heavy atom. The van der Waals surface area contributed by atoms with Gasteiger partial charge in [0.05, 0.1) is 17.6 Å². The van der Waals surface area contributed by atoms with Gasteiger partial charge in [0, 0.05) is 17.7 Å². The van der Waals surface area contributed by atoms with Gasteiger partial charge in [0.25, 0.3) is 5.69 Å². The molecule has 1 rings (SSSR count). The topological polar surface area (TPSA) is 116 Å². The largest absolute Gasteiger partial charge is 0.508 e. The van der Waals surface area contributed by atoms with Crippen molar-refractivity contribution in [3.05, 3.63) is 33.9 Å². The number of nitro benzene ring substituents is 1. The van der Waals surface area contributed by atoms with Gasteiger partial charge < -0.3 is 15.6 Å². The van der Waals surface area contributed by atoms with Crippen molar-refractivity contribution >= 4 is 24.1 Å². The summed E-state index contributed by atoms with van der Waals surface area (Å²) in [5, 5.41) is 20.1. The number of esters is 1. The SMILES string of the molecule is CCOC(=O)C(F)[C@@H](N)c1cc([N+](=O)[O-])ccc1O.Cl. The molecule has 0 aliphatic rings. The van der Waals surface area contributed by atoms with E-state index in [9.17, 15) is 24.4 Å². The van der Waals surface area contributed by atoms with E-state index in [0.29, 0.717) is 0 Å². The maximum Gasteiger partial charge on any atom is 0.342 e. The van der Waals surface area contributed by atoms with Gasteiger partial charge >= 0.3 is 5.97 Å². The first-order valence-corrected chi connectivity index (χ1v) is 5.42. The van der Waals surface area contributed by atoms with Gasteiger partial charge in [0.1, 0.15) is 5.75 Å². The summed E-state index contributed by atoms with van der Waals surface area (Å²) in [5.74, 6) is -1.61. The maximum atomic E-state index is 13.7. The molecule has 0 amide bonds. The van der Waals surface area contributed by atoms with Gasteiger partial charge in [-0.15, -0.1) is 12.4 Å². The summed E-state index contributed by atoms with van der Waals surface area (Å²) in [5.41, 5.74) is 4.89. The lowest BCUT2D eigenvalue weighted by Gasteiger charge is -2.16. The molecule has 1 aromatic rings. The van der Waals surface area contributed by atoms with Gasteiger partial charge in [-0.3, -0.25) is 10.1 Å². The summed E-state index contributed by atoms with van der Waals surface area (Å²) < 4.78 is 18.1. The highest BCUT2D eigenvalue weighted by molar-refractivity contribution is 5.85. The van der Waals surface area contributed by atoms with E-state index < -0.39 is 28.9 Å². The Balaban J connectivity index is 0.00000361. The number of alkyl halides is 1. The highest BCUT2D eigenvalue weighted by Gasteiger charge is 2.30. The number of nitrogens with two attached hydrogens (primary N) is 1. The van der Waals surface area contributed by atoms with Crippen LogP contribution in [0.15, 0.2) is 18.2 Å². The highest BCUT2D eigenvalue weighted by Crippen LogP contribution is 2.30. The smallest absolute Gasteiger partial charge is 0.342 e.